The number of rotatable bonds is 0. The molecule has 0 saturated heterocycles. The zero-order valence-corrected chi connectivity index (χ0v) is 10.7. The Labute approximate surface area is 74.4 Å². The van der Waals surface area contributed by atoms with Gasteiger partial charge in [-0.25, -0.2) is 0 Å². The van der Waals surface area contributed by atoms with E-state index >= 15 is 0 Å². The van der Waals surface area contributed by atoms with Crippen molar-refractivity contribution in [3.05, 3.63) is 24.3 Å². The van der Waals surface area contributed by atoms with Gasteiger partial charge in [0.2, 0.25) is 0 Å². The summed E-state index contributed by atoms with van der Waals surface area (Å²) in [4.78, 5) is 0. The van der Waals surface area contributed by atoms with Crippen LogP contribution in [0.3, 0.4) is 0 Å². The minimum absolute atomic E-state index is 0. The van der Waals surface area contributed by atoms with E-state index in [4.69, 9.17) is 11.5 Å². The molecule has 0 atom stereocenters. The molecule has 3 heteroatoms. The van der Waals surface area contributed by atoms with Gasteiger partial charge in [-0.05, 0) is 18.2 Å². The molecule has 0 unspecified atom stereocenters. The summed E-state index contributed by atoms with van der Waals surface area (Å²) in [7, 11) is 0. The fraction of sp³-hybridized carbons (Fsp3) is 0. The molecule has 0 saturated carbocycles. The van der Waals surface area contributed by atoms with Gasteiger partial charge in [0.1, 0.15) is 0 Å². The van der Waals surface area contributed by atoms with Gasteiger partial charge in [0.25, 0.3) is 0 Å². The molecule has 4 N–H and O–H groups in total. The Hall–Kier alpha value is -0.258. The molecule has 0 aliphatic heterocycles. The monoisotopic (exact) mass is 318 g/mol. The van der Waals surface area contributed by atoms with Crippen LogP contribution >= 0.6 is 0 Å². The Morgan fingerprint density at radius 2 is 1.44 bits per heavy atom. The number of hydrogen-bond donors (Lipinski definition) is 2. The SMILES string of the molecule is Nc1cccc(N)c1.[PbH2]. The van der Waals surface area contributed by atoms with E-state index < -0.39 is 0 Å². The molecule has 2 radical (unpaired) electrons. The molecule has 0 fully saturated rings. The summed E-state index contributed by atoms with van der Waals surface area (Å²) in [5.74, 6) is 0. The topological polar surface area (TPSA) is 52.0 Å². The number of nitrogens with two attached hydrogens (primary N) is 2. The van der Waals surface area contributed by atoms with Crippen molar-refractivity contribution in [3.8, 4) is 0 Å². The van der Waals surface area contributed by atoms with Crippen LogP contribution in [0, 0.1) is 0 Å². The van der Waals surface area contributed by atoms with E-state index in [-0.39, 0.29) is 27.3 Å². The number of hydrogen-bond acceptors (Lipinski definition) is 2. The molecule has 0 aromatic heterocycles. The van der Waals surface area contributed by atoms with Crippen LogP contribution < -0.4 is 11.5 Å². The molecular weight excluding hydrogens is 307 g/mol. The molecule has 1 aromatic carbocycles. The van der Waals surface area contributed by atoms with Gasteiger partial charge in [0.05, 0.1) is 0 Å². The molecule has 48 valence electrons. The quantitative estimate of drug-likeness (QED) is 0.520. The molecule has 0 amide bonds. The molecule has 1 aromatic rings. The second-order valence-corrected chi connectivity index (χ2v) is 1.67. The molecule has 0 aliphatic rings. The standard InChI is InChI=1S/C6H8N2.Pb.2H/c7-5-2-1-3-6(8)4-5;;;/h1-4H,7-8H2;;;. The van der Waals surface area contributed by atoms with Crippen LogP contribution in [-0.4, -0.2) is 27.3 Å². The summed E-state index contributed by atoms with van der Waals surface area (Å²) in [6.45, 7) is 0. The van der Waals surface area contributed by atoms with E-state index in [9.17, 15) is 0 Å². The number of anilines is 2. The zero-order valence-electron chi connectivity index (χ0n) is 5.17. The first-order valence-electron chi connectivity index (χ1n) is 2.40. The van der Waals surface area contributed by atoms with Crippen LogP contribution in [0.2, 0.25) is 0 Å². The molecule has 0 aliphatic carbocycles. The van der Waals surface area contributed by atoms with Crippen LogP contribution in [0.25, 0.3) is 0 Å². The van der Waals surface area contributed by atoms with Crippen LogP contribution in [-0.2, 0) is 0 Å². The van der Waals surface area contributed by atoms with Crippen molar-refractivity contribution in [2.24, 2.45) is 0 Å². The Kier molecular flexibility index (Phi) is 3.60. The van der Waals surface area contributed by atoms with Crippen LogP contribution in [0.5, 0.6) is 0 Å². The van der Waals surface area contributed by atoms with Crippen molar-refractivity contribution in [2.75, 3.05) is 11.5 Å². The zero-order chi connectivity index (χ0) is 5.98. The minimum atomic E-state index is 0. The number of nitrogen functional groups attached to an aromatic ring is 2. The Bertz CT molecular complexity index is 171. The van der Waals surface area contributed by atoms with Crippen molar-refractivity contribution in [1.82, 2.24) is 0 Å². The van der Waals surface area contributed by atoms with Crippen LogP contribution in [0.1, 0.15) is 0 Å². The first-order chi connectivity index (χ1) is 3.79. The van der Waals surface area contributed by atoms with E-state index in [0.717, 1.165) is 0 Å². The second-order valence-electron chi connectivity index (χ2n) is 1.67. The molecule has 0 spiro atoms. The molecule has 0 bridgehead atoms. The van der Waals surface area contributed by atoms with E-state index in [1.165, 1.54) is 0 Å². The summed E-state index contributed by atoms with van der Waals surface area (Å²) < 4.78 is 0. The molecular formula is C6H10N2Pb. The summed E-state index contributed by atoms with van der Waals surface area (Å²) in [5.41, 5.74) is 12.2. The van der Waals surface area contributed by atoms with Gasteiger partial charge >= 0.3 is 27.3 Å². The van der Waals surface area contributed by atoms with Crippen LogP contribution in [0.15, 0.2) is 24.3 Å². The number of benzene rings is 1. The van der Waals surface area contributed by atoms with Crippen molar-refractivity contribution >= 4 is 38.7 Å². The predicted molar refractivity (Wildman–Crippen MR) is 43.8 cm³/mol. The predicted octanol–water partition coefficient (Wildman–Crippen LogP) is -0.0652. The van der Waals surface area contributed by atoms with Gasteiger partial charge in [-0.3, -0.25) is 0 Å². The van der Waals surface area contributed by atoms with Crippen molar-refractivity contribution < 1.29 is 0 Å². The normalized spacial score (nSPS) is 8.00. The van der Waals surface area contributed by atoms with E-state index in [2.05, 4.69) is 0 Å². The van der Waals surface area contributed by atoms with Crippen molar-refractivity contribution in [2.45, 2.75) is 0 Å². The van der Waals surface area contributed by atoms with E-state index in [1.807, 2.05) is 6.07 Å². The Morgan fingerprint density at radius 3 is 1.67 bits per heavy atom. The van der Waals surface area contributed by atoms with Gasteiger partial charge in [0.15, 0.2) is 0 Å². The fourth-order valence-electron chi connectivity index (χ4n) is 0.559. The first-order valence-corrected chi connectivity index (χ1v) is 2.40. The van der Waals surface area contributed by atoms with Gasteiger partial charge in [-0.2, -0.15) is 0 Å². The van der Waals surface area contributed by atoms with Gasteiger partial charge in [0, 0.05) is 11.4 Å². The Morgan fingerprint density at radius 1 is 1.00 bits per heavy atom. The summed E-state index contributed by atoms with van der Waals surface area (Å²) in [5, 5.41) is 0. The average molecular weight is 317 g/mol. The van der Waals surface area contributed by atoms with Crippen molar-refractivity contribution in [1.29, 1.82) is 0 Å². The fourth-order valence-corrected chi connectivity index (χ4v) is 0.559. The second kappa shape index (κ2) is 3.71. The van der Waals surface area contributed by atoms with E-state index in [0.29, 0.717) is 11.4 Å². The molecule has 0 heterocycles. The van der Waals surface area contributed by atoms with Gasteiger partial charge < -0.3 is 11.5 Å². The van der Waals surface area contributed by atoms with Gasteiger partial charge in [-0.1, -0.05) is 6.07 Å². The summed E-state index contributed by atoms with van der Waals surface area (Å²) in [6, 6.07) is 7.15. The van der Waals surface area contributed by atoms with Crippen molar-refractivity contribution in [3.63, 3.8) is 0 Å². The van der Waals surface area contributed by atoms with Crippen LogP contribution in [0.4, 0.5) is 11.4 Å². The maximum absolute atomic E-state index is 5.38. The molecule has 1 rings (SSSR count). The molecule has 2 nitrogen and oxygen atoms in total. The Balaban J connectivity index is 0.000000640. The third kappa shape index (κ3) is 2.69. The third-order valence-electron chi connectivity index (χ3n) is 0.911. The summed E-state index contributed by atoms with van der Waals surface area (Å²) >= 11 is 0. The third-order valence-corrected chi connectivity index (χ3v) is 0.911. The average Bonchev–Trinajstić information content (AvgIpc) is 1.64. The van der Waals surface area contributed by atoms with E-state index in [1.54, 1.807) is 18.2 Å². The molecule has 9 heavy (non-hydrogen) atoms. The summed E-state index contributed by atoms with van der Waals surface area (Å²) in [6.07, 6.45) is 0. The van der Waals surface area contributed by atoms with Gasteiger partial charge in [-0.15, -0.1) is 0 Å². The first kappa shape index (κ1) is 8.74. The maximum atomic E-state index is 5.38.